The van der Waals surface area contributed by atoms with E-state index in [1.165, 1.54) is 0 Å². The topological polar surface area (TPSA) is 34.5 Å². The Morgan fingerprint density at radius 1 is 1.61 bits per heavy atom. The third-order valence-electron chi connectivity index (χ3n) is 3.40. The summed E-state index contributed by atoms with van der Waals surface area (Å²) in [5.74, 6) is 0.605. The van der Waals surface area contributed by atoms with E-state index in [1.54, 1.807) is 7.11 Å². The number of aryl methyl sites for hydroxylation is 1. The molecule has 0 saturated carbocycles. The van der Waals surface area contributed by atoms with Gasteiger partial charge in [-0.2, -0.15) is 0 Å². The second kappa shape index (κ2) is 5.89. The van der Waals surface area contributed by atoms with E-state index >= 15 is 0 Å². The van der Waals surface area contributed by atoms with Crippen molar-refractivity contribution in [3.05, 3.63) is 22.4 Å². The molecule has 0 radical (unpaired) electrons. The predicted molar refractivity (Wildman–Crippen MR) is 73.7 cm³/mol. The van der Waals surface area contributed by atoms with Gasteiger partial charge in [0.25, 0.3) is 5.91 Å². The van der Waals surface area contributed by atoms with E-state index in [-0.39, 0.29) is 5.91 Å². The van der Waals surface area contributed by atoms with Crippen molar-refractivity contribution in [2.45, 2.75) is 19.9 Å². The smallest absolute Gasteiger partial charge is 0.270 e. The number of amides is 1. The average Bonchev–Trinajstić information content (AvgIpc) is 2.95. The highest BCUT2D eigenvalue weighted by Gasteiger charge is 2.28. The van der Waals surface area contributed by atoms with Crippen LogP contribution in [-0.2, 0) is 11.3 Å². The van der Waals surface area contributed by atoms with Gasteiger partial charge in [-0.3, -0.25) is 4.79 Å². The largest absolute Gasteiger partial charge is 0.384 e. The highest BCUT2D eigenvalue weighted by atomic mass is 79.9. The van der Waals surface area contributed by atoms with Gasteiger partial charge in [0.05, 0.1) is 6.61 Å². The zero-order valence-corrected chi connectivity index (χ0v) is 12.4. The molecule has 18 heavy (non-hydrogen) atoms. The van der Waals surface area contributed by atoms with Crippen molar-refractivity contribution in [1.82, 2.24) is 9.47 Å². The summed E-state index contributed by atoms with van der Waals surface area (Å²) in [5, 5.41) is 0. The van der Waals surface area contributed by atoms with Crippen LogP contribution in [-0.4, -0.2) is 42.2 Å². The van der Waals surface area contributed by atoms with Crippen molar-refractivity contribution in [3.63, 3.8) is 0 Å². The first-order valence-corrected chi connectivity index (χ1v) is 7.09. The first-order chi connectivity index (χ1) is 8.65. The van der Waals surface area contributed by atoms with Crippen molar-refractivity contribution in [2.75, 3.05) is 26.8 Å². The highest BCUT2D eigenvalue weighted by molar-refractivity contribution is 9.10. The van der Waals surface area contributed by atoms with Crippen LogP contribution in [0.5, 0.6) is 0 Å². The monoisotopic (exact) mass is 314 g/mol. The van der Waals surface area contributed by atoms with Crippen LogP contribution in [0.15, 0.2) is 16.7 Å². The lowest BCUT2D eigenvalue weighted by Crippen LogP contribution is -2.30. The van der Waals surface area contributed by atoms with E-state index in [0.29, 0.717) is 5.92 Å². The van der Waals surface area contributed by atoms with Crippen LogP contribution in [0.3, 0.4) is 0 Å². The molecule has 1 unspecified atom stereocenters. The third-order valence-corrected chi connectivity index (χ3v) is 3.83. The van der Waals surface area contributed by atoms with Gasteiger partial charge in [-0.25, -0.2) is 0 Å². The van der Waals surface area contributed by atoms with Crippen LogP contribution in [0.2, 0.25) is 0 Å². The normalized spacial score (nSPS) is 19.5. The fourth-order valence-electron chi connectivity index (χ4n) is 2.47. The predicted octanol–water partition coefficient (Wildman–Crippen LogP) is 2.38. The molecule has 2 rings (SSSR count). The minimum absolute atomic E-state index is 0.126. The molecule has 100 valence electrons. The van der Waals surface area contributed by atoms with Crippen molar-refractivity contribution in [2.24, 2.45) is 5.92 Å². The van der Waals surface area contributed by atoms with Gasteiger partial charge < -0.3 is 14.2 Å². The number of aromatic nitrogens is 1. The number of methoxy groups -OCH3 is 1. The van der Waals surface area contributed by atoms with Crippen molar-refractivity contribution >= 4 is 21.8 Å². The Hall–Kier alpha value is -0.810. The standard InChI is InChI=1S/C13H19BrN2O2/c1-3-15-8-11(14)6-12(15)13(17)16-5-4-10(7-16)9-18-2/h6,8,10H,3-5,7,9H2,1-2H3. The Bertz CT molecular complexity index is 431. The summed E-state index contributed by atoms with van der Waals surface area (Å²) >= 11 is 3.43. The number of nitrogens with zero attached hydrogens (tertiary/aromatic N) is 2. The van der Waals surface area contributed by atoms with Crippen molar-refractivity contribution in [3.8, 4) is 0 Å². The Kier molecular flexibility index (Phi) is 4.45. The molecular weight excluding hydrogens is 296 g/mol. The average molecular weight is 315 g/mol. The molecule has 1 aliphatic heterocycles. The molecule has 1 aromatic rings. The number of carbonyl (C=O) groups excluding carboxylic acids is 1. The molecule has 0 aromatic carbocycles. The first-order valence-electron chi connectivity index (χ1n) is 6.29. The number of likely N-dealkylation sites (tertiary alicyclic amines) is 1. The maximum absolute atomic E-state index is 12.4. The van der Waals surface area contributed by atoms with Gasteiger partial charge in [0, 0.05) is 43.3 Å². The quantitative estimate of drug-likeness (QED) is 0.855. The molecule has 4 nitrogen and oxygen atoms in total. The molecule has 5 heteroatoms. The number of hydrogen-bond acceptors (Lipinski definition) is 2. The molecule has 1 aromatic heterocycles. The van der Waals surface area contributed by atoms with E-state index < -0.39 is 0 Å². The lowest BCUT2D eigenvalue weighted by atomic mass is 10.1. The maximum atomic E-state index is 12.4. The van der Waals surface area contributed by atoms with E-state index in [1.807, 2.05) is 28.7 Å². The van der Waals surface area contributed by atoms with Gasteiger partial charge in [-0.15, -0.1) is 0 Å². The fourth-order valence-corrected chi connectivity index (χ4v) is 2.93. The number of hydrogen-bond donors (Lipinski definition) is 0. The molecule has 1 atom stereocenters. The second-order valence-electron chi connectivity index (χ2n) is 4.69. The van der Waals surface area contributed by atoms with Gasteiger partial charge in [0.2, 0.25) is 0 Å². The SMILES string of the molecule is CCn1cc(Br)cc1C(=O)N1CCC(COC)C1. The summed E-state index contributed by atoms with van der Waals surface area (Å²) in [4.78, 5) is 14.4. The number of ether oxygens (including phenoxy) is 1. The van der Waals surface area contributed by atoms with Crippen LogP contribution in [0.1, 0.15) is 23.8 Å². The Morgan fingerprint density at radius 3 is 3.06 bits per heavy atom. The van der Waals surface area contributed by atoms with E-state index in [9.17, 15) is 4.79 Å². The minimum atomic E-state index is 0.126. The van der Waals surface area contributed by atoms with Crippen LogP contribution in [0, 0.1) is 5.92 Å². The summed E-state index contributed by atoms with van der Waals surface area (Å²) in [6.07, 6.45) is 2.99. The van der Waals surface area contributed by atoms with Crippen molar-refractivity contribution in [1.29, 1.82) is 0 Å². The van der Waals surface area contributed by atoms with Gasteiger partial charge in [0.15, 0.2) is 0 Å². The van der Waals surface area contributed by atoms with Gasteiger partial charge >= 0.3 is 0 Å². The van der Waals surface area contributed by atoms with E-state index in [4.69, 9.17) is 4.74 Å². The maximum Gasteiger partial charge on any atom is 0.270 e. The molecule has 0 spiro atoms. The molecular formula is C13H19BrN2O2. The highest BCUT2D eigenvalue weighted by Crippen LogP contribution is 2.21. The molecule has 2 heterocycles. The van der Waals surface area contributed by atoms with E-state index in [0.717, 1.165) is 42.8 Å². The minimum Gasteiger partial charge on any atom is -0.384 e. The fraction of sp³-hybridized carbons (Fsp3) is 0.615. The summed E-state index contributed by atoms with van der Waals surface area (Å²) in [6, 6.07) is 1.90. The third kappa shape index (κ3) is 2.78. The molecule has 1 saturated heterocycles. The van der Waals surface area contributed by atoms with Gasteiger partial charge in [-0.1, -0.05) is 0 Å². The van der Waals surface area contributed by atoms with Gasteiger partial charge in [0.1, 0.15) is 5.69 Å². The zero-order chi connectivity index (χ0) is 13.1. The van der Waals surface area contributed by atoms with Crippen LogP contribution < -0.4 is 0 Å². The van der Waals surface area contributed by atoms with Crippen LogP contribution >= 0.6 is 15.9 Å². The number of carbonyl (C=O) groups is 1. The summed E-state index contributed by atoms with van der Waals surface area (Å²) in [6.45, 7) is 5.23. The van der Waals surface area contributed by atoms with E-state index in [2.05, 4.69) is 15.9 Å². The Labute approximate surface area is 116 Å². The van der Waals surface area contributed by atoms with Crippen molar-refractivity contribution < 1.29 is 9.53 Å². The number of halogens is 1. The molecule has 1 fully saturated rings. The summed E-state index contributed by atoms with van der Waals surface area (Å²) in [5.41, 5.74) is 0.766. The Balaban J connectivity index is 2.07. The van der Waals surface area contributed by atoms with Crippen LogP contribution in [0.4, 0.5) is 0 Å². The summed E-state index contributed by atoms with van der Waals surface area (Å²) in [7, 11) is 1.71. The molecule has 0 aliphatic carbocycles. The zero-order valence-electron chi connectivity index (χ0n) is 10.9. The summed E-state index contributed by atoms with van der Waals surface area (Å²) < 4.78 is 8.10. The molecule has 0 bridgehead atoms. The lowest BCUT2D eigenvalue weighted by Gasteiger charge is -2.17. The van der Waals surface area contributed by atoms with Crippen LogP contribution in [0.25, 0.3) is 0 Å². The second-order valence-corrected chi connectivity index (χ2v) is 5.61. The first kappa shape index (κ1) is 13.6. The molecule has 1 aliphatic rings. The lowest BCUT2D eigenvalue weighted by molar-refractivity contribution is 0.0765. The number of rotatable bonds is 4. The molecule has 1 amide bonds. The Morgan fingerprint density at radius 2 is 2.39 bits per heavy atom. The molecule has 0 N–H and O–H groups in total. The van der Waals surface area contributed by atoms with Gasteiger partial charge in [-0.05, 0) is 35.3 Å².